The third kappa shape index (κ3) is 3.26. The van der Waals surface area contributed by atoms with Gasteiger partial charge in [-0.3, -0.25) is 14.4 Å². The molecule has 1 aromatic carbocycles. The molecule has 3 atom stereocenters. The molecule has 1 unspecified atom stereocenters. The van der Waals surface area contributed by atoms with E-state index in [0.717, 1.165) is 0 Å². The largest absolute Gasteiger partial charge is 0.350 e. The van der Waals surface area contributed by atoms with E-state index in [-0.39, 0.29) is 17.7 Å². The SMILES string of the molecule is O=C(Nc1ccc(C2CCCCC2)cc1)C1C(=O)N[C@H]2CNC[C@@H]2C1=O. The zero-order valence-electron chi connectivity index (χ0n) is 14.8. The molecule has 3 N–H and O–H groups in total. The first-order valence-corrected chi connectivity index (χ1v) is 9.59. The smallest absolute Gasteiger partial charge is 0.244 e. The minimum Gasteiger partial charge on any atom is -0.350 e. The predicted octanol–water partition coefficient (Wildman–Crippen LogP) is 1.58. The molecule has 26 heavy (non-hydrogen) atoms. The Kier molecular flexibility index (Phi) is 4.76. The fourth-order valence-corrected chi connectivity index (χ4v) is 4.48. The maximum atomic E-state index is 12.6. The summed E-state index contributed by atoms with van der Waals surface area (Å²) >= 11 is 0. The monoisotopic (exact) mass is 355 g/mol. The van der Waals surface area contributed by atoms with Gasteiger partial charge in [0.25, 0.3) is 0 Å². The minimum atomic E-state index is -1.26. The second-order valence-corrected chi connectivity index (χ2v) is 7.66. The molecule has 6 heteroatoms. The first-order valence-electron chi connectivity index (χ1n) is 9.59. The molecule has 0 radical (unpaired) electrons. The molecule has 2 aliphatic heterocycles. The van der Waals surface area contributed by atoms with Crippen LogP contribution in [0, 0.1) is 11.8 Å². The third-order valence-electron chi connectivity index (χ3n) is 5.97. The second-order valence-electron chi connectivity index (χ2n) is 7.66. The zero-order chi connectivity index (χ0) is 18.1. The van der Waals surface area contributed by atoms with Crippen LogP contribution in [0.1, 0.15) is 43.6 Å². The van der Waals surface area contributed by atoms with Crippen LogP contribution in [0.5, 0.6) is 0 Å². The fraction of sp³-hybridized carbons (Fsp3) is 0.550. The van der Waals surface area contributed by atoms with E-state index in [1.807, 2.05) is 24.3 Å². The molecule has 2 amide bonds. The van der Waals surface area contributed by atoms with E-state index in [1.165, 1.54) is 37.7 Å². The maximum Gasteiger partial charge on any atom is 0.244 e. The van der Waals surface area contributed by atoms with Gasteiger partial charge >= 0.3 is 0 Å². The lowest BCUT2D eigenvalue weighted by atomic mass is 9.83. The summed E-state index contributed by atoms with van der Waals surface area (Å²) in [7, 11) is 0. The van der Waals surface area contributed by atoms with E-state index in [9.17, 15) is 14.4 Å². The normalized spacial score (nSPS) is 29.2. The van der Waals surface area contributed by atoms with Crippen LogP contribution in [-0.2, 0) is 14.4 Å². The van der Waals surface area contributed by atoms with Crippen LogP contribution in [-0.4, -0.2) is 36.7 Å². The summed E-state index contributed by atoms with van der Waals surface area (Å²) < 4.78 is 0. The molecule has 3 aliphatic rings. The first-order chi connectivity index (χ1) is 12.6. The van der Waals surface area contributed by atoms with Crippen molar-refractivity contribution >= 4 is 23.3 Å². The Bertz CT molecular complexity index is 710. The van der Waals surface area contributed by atoms with E-state index in [4.69, 9.17) is 0 Å². The molecule has 4 rings (SSSR count). The van der Waals surface area contributed by atoms with Crippen LogP contribution >= 0.6 is 0 Å². The number of anilines is 1. The van der Waals surface area contributed by atoms with Crippen LogP contribution in [0.4, 0.5) is 5.69 Å². The molecule has 1 aromatic rings. The molecular formula is C20H25N3O3. The van der Waals surface area contributed by atoms with Crippen LogP contribution in [0.2, 0.25) is 0 Å². The second kappa shape index (κ2) is 7.19. The Morgan fingerprint density at radius 3 is 2.46 bits per heavy atom. The van der Waals surface area contributed by atoms with E-state index in [2.05, 4.69) is 16.0 Å². The average molecular weight is 355 g/mol. The van der Waals surface area contributed by atoms with Crippen molar-refractivity contribution < 1.29 is 14.4 Å². The van der Waals surface area contributed by atoms with E-state index >= 15 is 0 Å². The van der Waals surface area contributed by atoms with E-state index in [1.54, 1.807) is 0 Å². The highest BCUT2D eigenvalue weighted by Crippen LogP contribution is 2.33. The van der Waals surface area contributed by atoms with Gasteiger partial charge in [0.1, 0.15) is 0 Å². The Hall–Kier alpha value is -2.21. The summed E-state index contributed by atoms with van der Waals surface area (Å²) in [6.45, 7) is 1.10. The molecule has 0 spiro atoms. The number of hydrogen-bond donors (Lipinski definition) is 3. The summed E-state index contributed by atoms with van der Waals surface area (Å²) in [6, 6.07) is 7.64. The zero-order valence-corrected chi connectivity index (χ0v) is 14.8. The van der Waals surface area contributed by atoms with E-state index < -0.39 is 17.7 Å². The number of Topliss-reactive ketones (excluding diaryl/α,β-unsaturated/α-hetero) is 1. The van der Waals surface area contributed by atoms with Crippen LogP contribution < -0.4 is 16.0 Å². The molecule has 138 valence electrons. The number of piperidine rings is 1. The van der Waals surface area contributed by atoms with Gasteiger partial charge in [0.2, 0.25) is 11.8 Å². The number of ketones is 1. The van der Waals surface area contributed by atoms with Crippen molar-refractivity contribution in [1.82, 2.24) is 10.6 Å². The van der Waals surface area contributed by atoms with Gasteiger partial charge in [-0.1, -0.05) is 31.4 Å². The standard InChI is InChI=1S/C20H25N3O3/c24-18-15-10-21-11-16(15)23-20(26)17(18)19(25)22-14-8-6-13(7-9-14)12-4-2-1-3-5-12/h6-9,12,15-17,21H,1-5,10-11H2,(H,22,25)(H,23,26)/t15-,16-,17?/m0/s1. The van der Waals surface area contributed by atoms with Crippen molar-refractivity contribution in [1.29, 1.82) is 0 Å². The van der Waals surface area contributed by atoms with E-state index in [0.29, 0.717) is 24.7 Å². The lowest BCUT2D eigenvalue weighted by Crippen LogP contribution is -2.57. The van der Waals surface area contributed by atoms with Gasteiger partial charge in [-0.2, -0.15) is 0 Å². The highest BCUT2D eigenvalue weighted by Gasteiger charge is 2.48. The quantitative estimate of drug-likeness (QED) is 0.719. The van der Waals surface area contributed by atoms with Gasteiger partial charge in [-0.25, -0.2) is 0 Å². The van der Waals surface area contributed by atoms with Crippen LogP contribution in [0.25, 0.3) is 0 Å². The number of carbonyl (C=O) groups is 3. The molecule has 2 heterocycles. The lowest BCUT2D eigenvalue weighted by molar-refractivity contribution is -0.145. The predicted molar refractivity (Wildman–Crippen MR) is 97.7 cm³/mol. The fourth-order valence-electron chi connectivity index (χ4n) is 4.48. The van der Waals surface area contributed by atoms with Gasteiger partial charge < -0.3 is 16.0 Å². The topological polar surface area (TPSA) is 87.3 Å². The highest BCUT2D eigenvalue weighted by molar-refractivity contribution is 6.23. The summed E-state index contributed by atoms with van der Waals surface area (Å²) in [5, 5.41) is 8.63. The van der Waals surface area contributed by atoms with Gasteiger partial charge in [0.15, 0.2) is 11.7 Å². The number of carbonyl (C=O) groups excluding carboxylic acids is 3. The summed E-state index contributed by atoms with van der Waals surface area (Å²) in [5.41, 5.74) is 1.93. The summed E-state index contributed by atoms with van der Waals surface area (Å²) in [4.78, 5) is 37.3. The lowest BCUT2D eigenvalue weighted by Gasteiger charge is -2.29. The number of rotatable bonds is 3. The molecule has 1 aliphatic carbocycles. The van der Waals surface area contributed by atoms with Gasteiger partial charge in [-0.05, 0) is 36.5 Å². The summed E-state index contributed by atoms with van der Waals surface area (Å²) in [5.74, 6) is -2.27. The van der Waals surface area contributed by atoms with Crippen molar-refractivity contribution in [3.05, 3.63) is 29.8 Å². The molecule has 2 saturated heterocycles. The number of benzene rings is 1. The Morgan fingerprint density at radius 2 is 1.73 bits per heavy atom. The number of amides is 2. The Balaban J connectivity index is 1.42. The third-order valence-corrected chi connectivity index (χ3v) is 5.97. The number of hydrogen-bond acceptors (Lipinski definition) is 4. The number of nitrogens with one attached hydrogen (secondary N) is 3. The average Bonchev–Trinajstić information content (AvgIpc) is 3.12. The molecular weight excluding hydrogens is 330 g/mol. The van der Waals surface area contributed by atoms with Gasteiger partial charge in [0.05, 0.1) is 12.0 Å². The Morgan fingerprint density at radius 1 is 1.00 bits per heavy atom. The minimum absolute atomic E-state index is 0.186. The molecule has 1 saturated carbocycles. The molecule has 6 nitrogen and oxygen atoms in total. The molecule has 3 fully saturated rings. The van der Waals surface area contributed by atoms with Gasteiger partial charge in [0, 0.05) is 18.8 Å². The maximum absolute atomic E-state index is 12.6. The Labute approximate surface area is 153 Å². The summed E-state index contributed by atoms with van der Waals surface area (Å²) in [6.07, 6.45) is 6.32. The van der Waals surface area contributed by atoms with Gasteiger partial charge in [-0.15, -0.1) is 0 Å². The molecule has 0 bridgehead atoms. The van der Waals surface area contributed by atoms with Crippen LogP contribution in [0.15, 0.2) is 24.3 Å². The van der Waals surface area contributed by atoms with Crippen molar-refractivity contribution in [3.8, 4) is 0 Å². The van der Waals surface area contributed by atoms with Crippen LogP contribution in [0.3, 0.4) is 0 Å². The molecule has 0 aromatic heterocycles. The van der Waals surface area contributed by atoms with Crippen molar-refractivity contribution in [2.24, 2.45) is 11.8 Å². The van der Waals surface area contributed by atoms with Crippen molar-refractivity contribution in [2.45, 2.75) is 44.1 Å². The van der Waals surface area contributed by atoms with Crippen molar-refractivity contribution in [3.63, 3.8) is 0 Å². The highest BCUT2D eigenvalue weighted by atomic mass is 16.2. The van der Waals surface area contributed by atoms with Crippen molar-refractivity contribution in [2.75, 3.05) is 18.4 Å². The number of fused-ring (bicyclic) bond motifs is 1. The first kappa shape index (κ1) is 17.2.